The van der Waals surface area contributed by atoms with Crippen LogP contribution < -0.4 is 11.1 Å². The van der Waals surface area contributed by atoms with Crippen LogP contribution in [0.15, 0.2) is 18.3 Å². The molecular formula is C10H15N5. The van der Waals surface area contributed by atoms with Crippen LogP contribution in [0.5, 0.6) is 0 Å². The molecule has 2 aromatic rings. The molecular weight excluding hydrogens is 190 g/mol. The standard InChI is InChI=1S/C10H15N5/c1-7(6-11)13-10-14-9-8(15(10)2)4-3-5-12-9/h3-5,7H,6,11H2,1-2H3,(H,12,13,14). The zero-order valence-electron chi connectivity index (χ0n) is 8.94. The van der Waals surface area contributed by atoms with Crippen molar-refractivity contribution in [2.45, 2.75) is 13.0 Å². The van der Waals surface area contributed by atoms with Gasteiger partial charge in [0.2, 0.25) is 5.95 Å². The minimum Gasteiger partial charge on any atom is -0.352 e. The first-order chi connectivity index (χ1) is 7.22. The van der Waals surface area contributed by atoms with Crippen molar-refractivity contribution in [1.29, 1.82) is 0 Å². The van der Waals surface area contributed by atoms with E-state index in [-0.39, 0.29) is 6.04 Å². The Morgan fingerprint density at radius 1 is 1.60 bits per heavy atom. The van der Waals surface area contributed by atoms with E-state index in [4.69, 9.17) is 5.73 Å². The first-order valence-corrected chi connectivity index (χ1v) is 4.96. The third-order valence-corrected chi connectivity index (χ3v) is 2.39. The SMILES string of the molecule is CC(CN)Nc1nc2ncccc2n1C. The van der Waals surface area contributed by atoms with E-state index in [0.29, 0.717) is 6.54 Å². The van der Waals surface area contributed by atoms with Crippen molar-refractivity contribution in [1.82, 2.24) is 14.5 Å². The highest BCUT2D eigenvalue weighted by Crippen LogP contribution is 2.15. The average molecular weight is 205 g/mol. The van der Waals surface area contributed by atoms with E-state index in [1.165, 1.54) is 0 Å². The highest BCUT2D eigenvalue weighted by Gasteiger charge is 2.09. The molecule has 15 heavy (non-hydrogen) atoms. The second-order valence-electron chi connectivity index (χ2n) is 3.62. The van der Waals surface area contributed by atoms with Gasteiger partial charge in [0.15, 0.2) is 5.65 Å². The van der Waals surface area contributed by atoms with Gasteiger partial charge in [0.25, 0.3) is 0 Å². The van der Waals surface area contributed by atoms with E-state index in [2.05, 4.69) is 15.3 Å². The van der Waals surface area contributed by atoms with E-state index < -0.39 is 0 Å². The van der Waals surface area contributed by atoms with Gasteiger partial charge in [-0.3, -0.25) is 0 Å². The maximum absolute atomic E-state index is 5.55. The van der Waals surface area contributed by atoms with Gasteiger partial charge in [-0.25, -0.2) is 4.98 Å². The fourth-order valence-electron chi connectivity index (χ4n) is 1.43. The van der Waals surface area contributed by atoms with Crippen LogP contribution in [0.3, 0.4) is 0 Å². The number of hydrogen-bond acceptors (Lipinski definition) is 4. The summed E-state index contributed by atoms with van der Waals surface area (Å²) in [6.45, 7) is 2.60. The zero-order valence-corrected chi connectivity index (χ0v) is 8.94. The normalized spacial score (nSPS) is 13.0. The predicted octanol–water partition coefficient (Wildman–Crippen LogP) is 0.727. The minimum absolute atomic E-state index is 0.209. The van der Waals surface area contributed by atoms with Gasteiger partial charge in [-0.05, 0) is 19.1 Å². The second kappa shape index (κ2) is 3.86. The number of nitrogens with two attached hydrogens (primary N) is 1. The molecule has 1 atom stereocenters. The molecule has 0 amide bonds. The van der Waals surface area contributed by atoms with Crippen LogP contribution in [0.2, 0.25) is 0 Å². The Morgan fingerprint density at radius 3 is 3.07 bits per heavy atom. The molecule has 5 nitrogen and oxygen atoms in total. The summed E-state index contributed by atoms with van der Waals surface area (Å²) in [6.07, 6.45) is 1.74. The molecule has 0 fully saturated rings. The number of hydrogen-bond donors (Lipinski definition) is 2. The van der Waals surface area contributed by atoms with Gasteiger partial charge >= 0.3 is 0 Å². The van der Waals surface area contributed by atoms with Gasteiger partial charge < -0.3 is 15.6 Å². The number of nitrogens with zero attached hydrogens (tertiary/aromatic N) is 3. The maximum Gasteiger partial charge on any atom is 0.205 e. The van der Waals surface area contributed by atoms with E-state index in [1.807, 2.05) is 30.7 Å². The zero-order chi connectivity index (χ0) is 10.8. The molecule has 80 valence electrons. The van der Waals surface area contributed by atoms with Crippen molar-refractivity contribution in [3.63, 3.8) is 0 Å². The summed E-state index contributed by atoms with van der Waals surface area (Å²) in [5, 5.41) is 3.24. The first-order valence-electron chi connectivity index (χ1n) is 4.96. The van der Waals surface area contributed by atoms with Crippen molar-refractivity contribution >= 4 is 17.1 Å². The molecule has 0 saturated heterocycles. The Balaban J connectivity index is 2.40. The third kappa shape index (κ3) is 1.78. The number of aryl methyl sites for hydroxylation is 1. The van der Waals surface area contributed by atoms with Crippen molar-refractivity contribution in [3.05, 3.63) is 18.3 Å². The fraction of sp³-hybridized carbons (Fsp3) is 0.400. The Morgan fingerprint density at radius 2 is 2.40 bits per heavy atom. The van der Waals surface area contributed by atoms with Gasteiger partial charge in [0.05, 0.1) is 5.52 Å². The lowest BCUT2D eigenvalue weighted by Crippen LogP contribution is -2.26. The topological polar surface area (TPSA) is 68.8 Å². The molecule has 5 heteroatoms. The average Bonchev–Trinajstić information content (AvgIpc) is 2.57. The van der Waals surface area contributed by atoms with E-state index in [0.717, 1.165) is 17.1 Å². The molecule has 0 aliphatic heterocycles. The van der Waals surface area contributed by atoms with Gasteiger partial charge in [-0.2, -0.15) is 4.98 Å². The molecule has 0 saturated carbocycles. The third-order valence-electron chi connectivity index (χ3n) is 2.39. The van der Waals surface area contributed by atoms with Crippen LogP contribution in [0.25, 0.3) is 11.2 Å². The molecule has 1 unspecified atom stereocenters. The quantitative estimate of drug-likeness (QED) is 0.775. The number of fused-ring (bicyclic) bond motifs is 1. The molecule has 0 spiro atoms. The Bertz CT molecular complexity index is 462. The van der Waals surface area contributed by atoms with Gasteiger partial charge in [0, 0.05) is 25.8 Å². The highest BCUT2D eigenvalue weighted by atomic mass is 15.2. The van der Waals surface area contributed by atoms with Crippen molar-refractivity contribution in [3.8, 4) is 0 Å². The number of imidazole rings is 1. The Labute approximate surface area is 88.3 Å². The lowest BCUT2D eigenvalue weighted by molar-refractivity contribution is 0.777. The summed E-state index contributed by atoms with van der Waals surface area (Å²) in [7, 11) is 1.96. The second-order valence-corrected chi connectivity index (χ2v) is 3.62. The summed E-state index contributed by atoms with van der Waals surface area (Å²) in [5.41, 5.74) is 7.32. The number of aromatic nitrogens is 3. The predicted molar refractivity (Wildman–Crippen MR) is 60.6 cm³/mol. The minimum atomic E-state index is 0.209. The van der Waals surface area contributed by atoms with Crippen molar-refractivity contribution < 1.29 is 0 Å². The molecule has 0 aliphatic rings. The van der Waals surface area contributed by atoms with E-state index in [9.17, 15) is 0 Å². The highest BCUT2D eigenvalue weighted by molar-refractivity contribution is 5.74. The van der Waals surface area contributed by atoms with Crippen molar-refractivity contribution in [2.24, 2.45) is 12.8 Å². The molecule has 3 N–H and O–H groups in total. The van der Waals surface area contributed by atoms with Crippen molar-refractivity contribution in [2.75, 3.05) is 11.9 Å². The van der Waals surface area contributed by atoms with Crippen LogP contribution >= 0.6 is 0 Å². The van der Waals surface area contributed by atoms with Crippen LogP contribution in [0.4, 0.5) is 5.95 Å². The fourth-order valence-corrected chi connectivity index (χ4v) is 1.43. The van der Waals surface area contributed by atoms with E-state index in [1.54, 1.807) is 6.20 Å². The monoisotopic (exact) mass is 205 g/mol. The smallest absolute Gasteiger partial charge is 0.205 e. The van der Waals surface area contributed by atoms with Crippen LogP contribution in [-0.2, 0) is 7.05 Å². The molecule has 0 bridgehead atoms. The Kier molecular flexibility index (Phi) is 2.55. The maximum atomic E-state index is 5.55. The molecule has 2 heterocycles. The first kappa shape index (κ1) is 9.92. The summed E-state index contributed by atoms with van der Waals surface area (Å²) >= 11 is 0. The van der Waals surface area contributed by atoms with E-state index >= 15 is 0 Å². The molecule has 0 aromatic carbocycles. The van der Waals surface area contributed by atoms with Gasteiger partial charge in [0.1, 0.15) is 0 Å². The lowest BCUT2D eigenvalue weighted by Gasteiger charge is -2.11. The Hall–Kier alpha value is -1.62. The molecule has 0 aliphatic carbocycles. The summed E-state index contributed by atoms with van der Waals surface area (Å²) in [4.78, 5) is 8.58. The summed E-state index contributed by atoms with van der Waals surface area (Å²) in [5.74, 6) is 0.807. The van der Waals surface area contributed by atoms with Crippen LogP contribution in [0, 0.1) is 0 Å². The lowest BCUT2D eigenvalue weighted by atomic mass is 10.3. The molecule has 2 rings (SSSR count). The number of rotatable bonds is 3. The number of pyridine rings is 1. The number of anilines is 1. The molecule has 0 radical (unpaired) electrons. The van der Waals surface area contributed by atoms with Crippen LogP contribution in [-0.4, -0.2) is 27.1 Å². The molecule has 2 aromatic heterocycles. The van der Waals surface area contributed by atoms with Crippen LogP contribution in [0.1, 0.15) is 6.92 Å². The largest absolute Gasteiger partial charge is 0.352 e. The summed E-state index contributed by atoms with van der Waals surface area (Å²) in [6, 6.07) is 4.11. The summed E-state index contributed by atoms with van der Waals surface area (Å²) < 4.78 is 1.98. The van der Waals surface area contributed by atoms with Gasteiger partial charge in [-0.15, -0.1) is 0 Å². The van der Waals surface area contributed by atoms with Gasteiger partial charge in [-0.1, -0.05) is 0 Å². The number of nitrogens with one attached hydrogen (secondary N) is 1.